The molecule has 24 heavy (non-hydrogen) atoms. The highest BCUT2D eigenvalue weighted by Crippen LogP contribution is 2.29. The maximum Gasteiger partial charge on any atom is 0.353 e. The SMILES string of the molecule is CSCn1nnc2c(-c3nc(-c4ccccc4)cs3)ncn2c1=O. The molecular formula is C15H12N6OS2. The molecule has 0 unspecified atom stereocenters. The molecule has 7 nitrogen and oxygen atoms in total. The Hall–Kier alpha value is -2.52. The van der Waals surface area contributed by atoms with Crippen LogP contribution in [0.25, 0.3) is 27.6 Å². The van der Waals surface area contributed by atoms with Gasteiger partial charge in [-0.2, -0.15) is 4.68 Å². The smallest absolute Gasteiger partial charge is 0.245 e. The molecule has 0 saturated heterocycles. The lowest BCUT2D eigenvalue weighted by atomic mass is 10.2. The summed E-state index contributed by atoms with van der Waals surface area (Å²) >= 11 is 2.97. The van der Waals surface area contributed by atoms with Gasteiger partial charge in [0.1, 0.15) is 17.0 Å². The van der Waals surface area contributed by atoms with Crippen LogP contribution in [-0.4, -0.2) is 35.6 Å². The van der Waals surface area contributed by atoms with Gasteiger partial charge in [0.15, 0.2) is 5.65 Å². The Morgan fingerprint density at radius 1 is 1.25 bits per heavy atom. The van der Waals surface area contributed by atoms with Crippen LogP contribution in [0.4, 0.5) is 0 Å². The molecule has 0 fully saturated rings. The molecule has 0 aliphatic carbocycles. The lowest BCUT2D eigenvalue weighted by Crippen LogP contribution is -2.28. The summed E-state index contributed by atoms with van der Waals surface area (Å²) in [7, 11) is 0. The molecule has 0 bridgehead atoms. The summed E-state index contributed by atoms with van der Waals surface area (Å²) in [5, 5.41) is 10.8. The number of imidazole rings is 1. The van der Waals surface area contributed by atoms with Crippen molar-refractivity contribution in [3.8, 4) is 22.0 Å². The van der Waals surface area contributed by atoms with Gasteiger partial charge in [0, 0.05) is 10.9 Å². The normalized spacial score (nSPS) is 11.2. The molecule has 3 aromatic heterocycles. The highest BCUT2D eigenvalue weighted by molar-refractivity contribution is 7.97. The van der Waals surface area contributed by atoms with Crippen molar-refractivity contribution in [1.82, 2.24) is 29.4 Å². The molecule has 0 saturated carbocycles. The zero-order valence-corrected chi connectivity index (χ0v) is 14.3. The molecule has 0 aliphatic rings. The highest BCUT2D eigenvalue weighted by Gasteiger charge is 2.16. The van der Waals surface area contributed by atoms with Crippen molar-refractivity contribution in [2.45, 2.75) is 5.88 Å². The van der Waals surface area contributed by atoms with Crippen molar-refractivity contribution in [3.05, 3.63) is 52.5 Å². The van der Waals surface area contributed by atoms with Gasteiger partial charge < -0.3 is 0 Å². The van der Waals surface area contributed by atoms with Crippen LogP contribution < -0.4 is 5.69 Å². The maximum absolute atomic E-state index is 12.3. The predicted molar refractivity (Wildman–Crippen MR) is 95.1 cm³/mol. The number of benzene rings is 1. The first-order valence-corrected chi connectivity index (χ1v) is 9.36. The average molecular weight is 356 g/mol. The predicted octanol–water partition coefficient (Wildman–Crippen LogP) is 2.40. The van der Waals surface area contributed by atoms with Crippen LogP contribution in [0.5, 0.6) is 0 Å². The molecule has 9 heteroatoms. The fraction of sp³-hybridized carbons (Fsp3) is 0.133. The van der Waals surface area contributed by atoms with E-state index in [2.05, 4.69) is 20.3 Å². The number of aromatic nitrogens is 6. The second-order valence-electron chi connectivity index (χ2n) is 4.98. The standard InChI is InChI=1S/C15H12N6OS2/c1-23-9-21-15(22)20-8-16-12(13(20)18-19-21)14-17-11(7-24-14)10-5-3-2-4-6-10/h2-8H,9H2,1H3. The first-order chi connectivity index (χ1) is 11.8. The summed E-state index contributed by atoms with van der Waals surface area (Å²) in [6, 6.07) is 9.92. The molecule has 3 heterocycles. The number of fused-ring (bicyclic) bond motifs is 1. The third-order valence-electron chi connectivity index (χ3n) is 3.44. The molecule has 0 aliphatic heterocycles. The number of hydrogen-bond acceptors (Lipinski definition) is 7. The minimum atomic E-state index is -0.257. The van der Waals surface area contributed by atoms with E-state index >= 15 is 0 Å². The summed E-state index contributed by atoms with van der Waals surface area (Å²) in [6.07, 6.45) is 3.38. The van der Waals surface area contributed by atoms with E-state index < -0.39 is 0 Å². The van der Waals surface area contributed by atoms with Gasteiger partial charge in [0.2, 0.25) is 0 Å². The summed E-state index contributed by atoms with van der Waals surface area (Å²) < 4.78 is 2.71. The largest absolute Gasteiger partial charge is 0.353 e. The number of rotatable bonds is 4. The van der Waals surface area contributed by atoms with E-state index in [1.54, 1.807) is 0 Å². The molecule has 4 rings (SSSR count). The minimum Gasteiger partial charge on any atom is -0.245 e. The van der Waals surface area contributed by atoms with E-state index in [4.69, 9.17) is 0 Å². The Labute approximate surface area is 145 Å². The number of thioether (sulfide) groups is 1. The van der Waals surface area contributed by atoms with Crippen molar-refractivity contribution < 1.29 is 0 Å². The Bertz CT molecular complexity index is 1050. The minimum absolute atomic E-state index is 0.257. The molecule has 1 aromatic carbocycles. The molecule has 0 radical (unpaired) electrons. The Morgan fingerprint density at radius 3 is 2.88 bits per heavy atom. The summed E-state index contributed by atoms with van der Waals surface area (Å²) in [5.74, 6) is 0.449. The zero-order chi connectivity index (χ0) is 16.5. The van der Waals surface area contributed by atoms with Gasteiger partial charge in [-0.3, -0.25) is 0 Å². The Morgan fingerprint density at radius 2 is 2.08 bits per heavy atom. The van der Waals surface area contributed by atoms with E-state index in [0.29, 0.717) is 22.2 Å². The van der Waals surface area contributed by atoms with Crippen LogP contribution in [-0.2, 0) is 5.88 Å². The number of hydrogen-bond donors (Lipinski definition) is 0. The highest BCUT2D eigenvalue weighted by atomic mass is 32.2. The Kier molecular flexibility index (Phi) is 3.87. The first-order valence-electron chi connectivity index (χ1n) is 7.09. The van der Waals surface area contributed by atoms with Gasteiger partial charge >= 0.3 is 5.69 Å². The fourth-order valence-electron chi connectivity index (χ4n) is 2.31. The second-order valence-corrected chi connectivity index (χ2v) is 6.67. The second kappa shape index (κ2) is 6.17. The van der Waals surface area contributed by atoms with E-state index in [1.165, 1.54) is 38.5 Å². The summed E-state index contributed by atoms with van der Waals surface area (Å²) in [6.45, 7) is 0. The first kappa shape index (κ1) is 15.0. The van der Waals surface area contributed by atoms with Crippen LogP contribution in [0.3, 0.4) is 0 Å². The summed E-state index contributed by atoms with van der Waals surface area (Å²) in [5.41, 5.74) is 2.65. The van der Waals surface area contributed by atoms with Crippen LogP contribution in [0.1, 0.15) is 0 Å². The summed E-state index contributed by atoms with van der Waals surface area (Å²) in [4.78, 5) is 21.3. The van der Waals surface area contributed by atoms with Gasteiger partial charge in [-0.25, -0.2) is 19.2 Å². The lowest BCUT2D eigenvalue weighted by molar-refractivity contribution is 0.598. The molecule has 0 spiro atoms. The van der Waals surface area contributed by atoms with E-state index in [-0.39, 0.29) is 5.69 Å². The van der Waals surface area contributed by atoms with Crippen LogP contribution >= 0.6 is 23.1 Å². The third kappa shape index (κ3) is 2.51. The van der Waals surface area contributed by atoms with Crippen LogP contribution in [0.2, 0.25) is 0 Å². The van der Waals surface area contributed by atoms with E-state index in [9.17, 15) is 4.79 Å². The lowest BCUT2D eigenvalue weighted by Gasteiger charge is -2.00. The van der Waals surface area contributed by atoms with Crippen molar-refractivity contribution in [3.63, 3.8) is 0 Å². The topological polar surface area (TPSA) is 78.0 Å². The van der Waals surface area contributed by atoms with E-state index in [0.717, 1.165) is 11.3 Å². The molecule has 120 valence electrons. The maximum atomic E-state index is 12.3. The van der Waals surface area contributed by atoms with Gasteiger partial charge in [-0.05, 0) is 6.26 Å². The molecule has 0 N–H and O–H groups in total. The molecular weight excluding hydrogens is 344 g/mol. The van der Waals surface area contributed by atoms with E-state index in [1.807, 2.05) is 42.0 Å². The quantitative estimate of drug-likeness (QED) is 0.559. The molecule has 0 amide bonds. The van der Waals surface area contributed by atoms with Gasteiger partial charge in [0.05, 0.1) is 11.6 Å². The number of thiazole rings is 1. The fourth-order valence-corrected chi connectivity index (χ4v) is 3.54. The monoisotopic (exact) mass is 356 g/mol. The van der Waals surface area contributed by atoms with Crippen molar-refractivity contribution >= 4 is 28.7 Å². The van der Waals surface area contributed by atoms with Crippen LogP contribution in [0, 0.1) is 0 Å². The van der Waals surface area contributed by atoms with Crippen molar-refractivity contribution in [2.24, 2.45) is 0 Å². The van der Waals surface area contributed by atoms with Crippen molar-refractivity contribution in [2.75, 3.05) is 6.26 Å². The average Bonchev–Trinajstić information content (AvgIpc) is 3.25. The van der Waals surface area contributed by atoms with Gasteiger partial charge in [-0.15, -0.1) is 28.2 Å². The van der Waals surface area contributed by atoms with Crippen LogP contribution in [0.15, 0.2) is 46.8 Å². The Balaban J connectivity index is 1.79. The zero-order valence-electron chi connectivity index (χ0n) is 12.7. The molecule has 4 aromatic rings. The third-order valence-corrected chi connectivity index (χ3v) is 4.80. The van der Waals surface area contributed by atoms with Gasteiger partial charge in [0.25, 0.3) is 0 Å². The van der Waals surface area contributed by atoms with Gasteiger partial charge in [-0.1, -0.05) is 35.5 Å². The van der Waals surface area contributed by atoms with Crippen molar-refractivity contribution in [1.29, 1.82) is 0 Å². The number of nitrogens with zero attached hydrogens (tertiary/aromatic N) is 6. The molecule has 0 atom stereocenters.